The number of anilines is 1. The molecule has 3 aliphatic heterocycles. The van der Waals surface area contributed by atoms with Crippen LogP contribution >= 0.6 is 0 Å². The SMILES string of the molecule is CC(=O)c1c([C@@H]2CC3CC[C@@H](C2)N3C(=O)C2NC=NN2)nc2c(-c3cncc(F)c3)cnn2c1N. The zero-order valence-electron chi connectivity index (χ0n) is 19.0. The minimum absolute atomic E-state index is 0.0279. The number of halogens is 1. The Balaban J connectivity index is 1.40. The van der Waals surface area contributed by atoms with Gasteiger partial charge in [-0.2, -0.15) is 14.7 Å². The number of ketones is 1. The van der Waals surface area contributed by atoms with Crippen LogP contribution in [0.25, 0.3) is 16.8 Å². The summed E-state index contributed by atoms with van der Waals surface area (Å²) in [5, 5.41) is 11.1. The number of Topliss-reactive ketones (excluding diaryl/α,β-unsaturated/α-hetero) is 1. The van der Waals surface area contributed by atoms with Gasteiger partial charge in [-0.15, -0.1) is 0 Å². The van der Waals surface area contributed by atoms with Gasteiger partial charge in [-0.25, -0.2) is 9.37 Å². The highest BCUT2D eigenvalue weighted by Crippen LogP contribution is 2.44. The summed E-state index contributed by atoms with van der Waals surface area (Å²) in [5.74, 6) is -0.549. The van der Waals surface area contributed by atoms with Gasteiger partial charge in [0.1, 0.15) is 18.0 Å². The summed E-state index contributed by atoms with van der Waals surface area (Å²) in [6.07, 6.45) is 8.27. The maximum Gasteiger partial charge on any atom is 0.267 e. The van der Waals surface area contributed by atoms with Crippen LogP contribution in [0.5, 0.6) is 0 Å². The van der Waals surface area contributed by atoms with E-state index in [1.165, 1.54) is 30.0 Å². The van der Waals surface area contributed by atoms with Gasteiger partial charge in [0.25, 0.3) is 5.91 Å². The van der Waals surface area contributed by atoms with E-state index in [0.717, 1.165) is 19.0 Å². The van der Waals surface area contributed by atoms with Gasteiger partial charge in [-0.05, 0) is 38.7 Å². The Morgan fingerprint density at radius 2 is 1.94 bits per heavy atom. The first kappa shape index (κ1) is 21.4. The molecule has 12 heteroatoms. The number of nitrogens with two attached hydrogens (primary N) is 1. The van der Waals surface area contributed by atoms with E-state index in [0.29, 0.717) is 40.9 Å². The molecule has 1 amide bonds. The zero-order valence-corrected chi connectivity index (χ0v) is 19.0. The van der Waals surface area contributed by atoms with Gasteiger partial charge in [-0.3, -0.25) is 20.0 Å². The van der Waals surface area contributed by atoms with Gasteiger partial charge in [0.15, 0.2) is 17.6 Å². The largest absolute Gasteiger partial charge is 0.383 e. The van der Waals surface area contributed by atoms with Crippen LogP contribution in [0.2, 0.25) is 0 Å². The molecule has 180 valence electrons. The number of nitrogen functional groups attached to an aromatic ring is 1. The summed E-state index contributed by atoms with van der Waals surface area (Å²) in [7, 11) is 0. The highest BCUT2D eigenvalue weighted by Gasteiger charge is 2.46. The van der Waals surface area contributed by atoms with Gasteiger partial charge >= 0.3 is 0 Å². The molecule has 2 unspecified atom stereocenters. The molecule has 6 rings (SSSR count). The molecule has 2 saturated heterocycles. The summed E-state index contributed by atoms with van der Waals surface area (Å²) in [6.45, 7) is 1.47. The maximum atomic E-state index is 13.9. The third-order valence-electron chi connectivity index (χ3n) is 7.21. The highest BCUT2D eigenvalue weighted by atomic mass is 19.1. The minimum Gasteiger partial charge on any atom is -0.383 e. The average Bonchev–Trinajstić information content (AvgIpc) is 3.57. The number of rotatable bonds is 4. The lowest BCUT2D eigenvalue weighted by Crippen LogP contribution is -2.55. The zero-order chi connectivity index (χ0) is 24.3. The monoisotopic (exact) mass is 477 g/mol. The number of carbonyl (C=O) groups excluding carboxylic acids is 2. The summed E-state index contributed by atoms with van der Waals surface area (Å²) in [6, 6.07) is 1.43. The van der Waals surface area contributed by atoms with E-state index in [9.17, 15) is 14.0 Å². The Kier molecular flexibility index (Phi) is 4.90. The third kappa shape index (κ3) is 3.39. The highest BCUT2D eigenvalue weighted by molar-refractivity contribution is 6.00. The average molecular weight is 478 g/mol. The van der Waals surface area contributed by atoms with Gasteiger partial charge in [0.05, 0.1) is 23.7 Å². The van der Waals surface area contributed by atoms with E-state index >= 15 is 0 Å². The second-order valence-electron chi connectivity index (χ2n) is 9.28. The predicted molar refractivity (Wildman–Crippen MR) is 125 cm³/mol. The van der Waals surface area contributed by atoms with Crippen LogP contribution in [0.4, 0.5) is 10.2 Å². The van der Waals surface area contributed by atoms with Crippen LogP contribution in [0.15, 0.2) is 29.8 Å². The van der Waals surface area contributed by atoms with Crippen molar-refractivity contribution in [2.24, 2.45) is 5.10 Å². The number of hydrazone groups is 1. The van der Waals surface area contributed by atoms with E-state index in [1.807, 2.05) is 4.90 Å². The Labute approximate surface area is 199 Å². The van der Waals surface area contributed by atoms with Crippen molar-refractivity contribution >= 4 is 29.5 Å². The molecule has 0 saturated carbocycles. The quantitative estimate of drug-likeness (QED) is 0.479. The lowest BCUT2D eigenvalue weighted by Gasteiger charge is -2.40. The molecule has 2 bridgehead atoms. The van der Waals surface area contributed by atoms with Gasteiger partial charge in [-0.1, -0.05) is 0 Å². The molecule has 6 heterocycles. The van der Waals surface area contributed by atoms with Gasteiger partial charge in [0.2, 0.25) is 0 Å². The van der Waals surface area contributed by atoms with E-state index in [4.69, 9.17) is 10.7 Å². The summed E-state index contributed by atoms with van der Waals surface area (Å²) in [5.41, 5.74) is 11.7. The molecule has 0 spiro atoms. The second-order valence-corrected chi connectivity index (χ2v) is 9.28. The fourth-order valence-electron chi connectivity index (χ4n) is 5.75. The van der Waals surface area contributed by atoms with Crippen molar-refractivity contribution in [3.63, 3.8) is 0 Å². The smallest absolute Gasteiger partial charge is 0.267 e. The minimum atomic E-state index is -0.554. The van der Waals surface area contributed by atoms with Crippen molar-refractivity contribution in [1.82, 2.24) is 35.2 Å². The summed E-state index contributed by atoms with van der Waals surface area (Å²) < 4.78 is 15.3. The Morgan fingerprint density at radius 1 is 1.17 bits per heavy atom. The fraction of sp³-hybridized carbons (Fsp3) is 0.391. The third-order valence-corrected chi connectivity index (χ3v) is 7.21. The number of pyridine rings is 1. The number of piperidine rings is 1. The van der Waals surface area contributed by atoms with Gasteiger partial charge < -0.3 is 16.0 Å². The van der Waals surface area contributed by atoms with Crippen molar-refractivity contribution in [1.29, 1.82) is 0 Å². The maximum absolute atomic E-state index is 13.9. The fourth-order valence-corrected chi connectivity index (χ4v) is 5.75. The van der Waals surface area contributed by atoms with Crippen LogP contribution in [0.1, 0.15) is 54.6 Å². The molecule has 2 fully saturated rings. The standard InChI is InChI=1S/C23H24FN9O2/c1-11(34)18-19(12-5-15-2-3-16(6-12)32(15)23(35)21-27-10-28-31-21)30-22-17(9-29-33(22)20(18)25)13-4-14(24)8-26-7-13/h4,7-10,12,15-16,21,31H,2-3,5-6,25H2,1H3,(H,27,28)/t12-,15-,16?,21?/m0/s1. The van der Waals surface area contributed by atoms with Crippen LogP contribution < -0.4 is 16.5 Å². The van der Waals surface area contributed by atoms with Gasteiger partial charge in [0, 0.05) is 35.3 Å². The first-order valence-corrected chi connectivity index (χ1v) is 11.6. The van der Waals surface area contributed by atoms with Crippen LogP contribution in [0.3, 0.4) is 0 Å². The van der Waals surface area contributed by atoms with Crippen LogP contribution in [-0.4, -0.2) is 60.8 Å². The summed E-state index contributed by atoms with van der Waals surface area (Å²) in [4.78, 5) is 36.6. The normalized spacial score (nSPS) is 25.0. The number of carbonyl (C=O) groups is 2. The molecule has 4 N–H and O–H groups in total. The molecule has 0 radical (unpaired) electrons. The van der Waals surface area contributed by atoms with Crippen LogP contribution in [-0.2, 0) is 4.79 Å². The Hall–Kier alpha value is -4.09. The topological polar surface area (TPSA) is 143 Å². The van der Waals surface area contributed by atoms with Crippen molar-refractivity contribution in [3.05, 3.63) is 41.7 Å². The van der Waals surface area contributed by atoms with E-state index < -0.39 is 12.0 Å². The van der Waals surface area contributed by atoms with Crippen LogP contribution in [0, 0.1) is 5.82 Å². The molecule has 3 aliphatic rings. The van der Waals surface area contributed by atoms with E-state index in [2.05, 4.69) is 25.9 Å². The van der Waals surface area contributed by atoms with Crippen molar-refractivity contribution in [2.45, 2.75) is 56.8 Å². The molecule has 3 aromatic rings. The molecule has 11 nitrogen and oxygen atoms in total. The lowest BCUT2D eigenvalue weighted by molar-refractivity contribution is -0.138. The number of aromatic nitrogens is 4. The predicted octanol–water partition coefficient (Wildman–Crippen LogP) is 1.41. The number of fused-ring (bicyclic) bond motifs is 3. The number of amides is 1. The number of nitrogens with zero attached hydrogens (tertiary/aromatic N) is 6. The molecular weight excluding hydrogens is 453 g/mol. The molecule has 0 aromatic carbocycles. The molecular formula is C23H24FN9O2. The molecule has 3 aromatic heterocycles. The molecule has 35 heavy (non-hydrogen) atoms. The number of hydrogen-bond donors (Lipinski definition) is 3. The lowest BCUT2D eigenvalue weighted by atomic mass is 9.85. The van der Waals surface area contributed by atoms with E-state index in [-0.39, 0.29) is 35.5 Å². The first-order valence-electron chi connectivity index (χ1n) is 11.6. The van der Waals surface area contributed by atoms with E-state index in [1.54, 1.807) is 6.20 Å². The second kappa shape index (κ2) is 8.00. The Morgan fingerprint density at radius 3 is 2.60 bits per heavy atom. The number of nitrogens with one attached hydrogen (secondary N) is 2. The Bertz CT molecular complexity index is 1360. The van der Waals surface area contributed by atoms with Crippen molar-refractivity contribution in [2.75, 3.05) is 5.73 Å². The van der Waals surface area contributed by atoms with Crippen molar-refractivity contribution < 1.29 is 14.0 Å². The molecule has 0 aliphatic carbocycles. The number of hydrogen-bond acceptors (Lipinski definition) is 9. The summed E-state index contributed by atoms with van der Waals surface area (Å²) >= 11 is 0. The first-order chi connectivity index (χ1) is 16.9. The molecule has 4 atom stereocenters. The van der Waals surface area contributed by atoms with Crippen molar-refractivity contribution in [3.8, 4) is 11.1 Å².